The highest BCUT2D eigenvalue weighted by molar-refractivity contribution is 6.00. The summed E-state index contributed by atoms with van der Waals surface area (Å²) in [7, 11) is 0. The van der Waals surface area contributed by atoms with Gasteiger partial charge in [0.05, 0.1) is 18.9 Å². The summed E-state index contributed by atoms with van der Waals surface area (Å²) in [5.41, 5.74) is 17.9. The highest BCUT2D eigenvalue weighted by Gasteiger charge is 2.41. The van der Waals surface area contributed by atoms with Gasteiger partial charge in [0.25, 0.3) is 0 Å². The molecule has 1 aliphatic heterocycles. The predicted octanol–water partition coefficient (Wildman–Crippen LogP) is -1.61. The third kappa shape index (κ3) is 28.6. The lowest BCUT2D eigenvalue weighted by Gasteiger charge is -2.30. The van der Waals surface area contributed by atoms with Gasteiger partial charge in [-0.05, 0) is 123 Å². The number of carboxylic acid groups (broad SMARTS) is 3. The van der Waals surface area contributed by atoms with Crippen molar-refractivity contribution >= 4 is 82.9 Å². The van der Waals surface area contributed by atoms with Gasteiger partial charge in [-0.2, -0.15) is 0 Å². The fraction of sp³-hybridized carbons (Fsp3) is 0.600. The van der Waals surface area contributed by atoms with E-state index in [4.69, 9.17) is 22.6 Å². The van der Waals surface area contributed by atoms with Crippen molar-refractivity contribution in [3.05, 3.63) is 59.7 Å². The van der Waals surface area contributed by atoms with Crippen LogP contribution in [0.25, 0.3) is 0 Å². The topological polar surface area (TPSA) is 549 Å². The summed E-state index contributed by atoms with van der Waals surface area (Å²) in [5, 5.41) is 82.6. The highest BCUT2D eigenvalue weighted by atomic mass is 16.4. The molecule has 2 aromatic rings. The van der Waals surface area contributed by atoms with Crippen LogP contribution in [0.2, 0.25) is 0 Å². The Bertz CT molecular complexity index is 3080. The molecule has 0 aromatic heterocycles. The second-order valence-corrected chi connectivity index (χ2v) is 26.0. The Morgan fingerprint density at radius 1 is 0.510 bits per heavy atom. The Labute approximate surface area is 569 Å². The Morgan fingerprint density at radius 3 is 1.35 bits per heavy atom. The zero-order valence-electron chi connectivity index (χ0n) is 56.8. The lowest BCUT2D eigenvalue weighted by atomic mass is 9.98. The third-order valence-corrected chi connectivity index (χ3v) is 15.9. The summed E-state index contributed by atoms with van der Waals surface area (Å²) in [6.07, 6.45) is -1.60. The SMILES string of the molecule is CC(C)C[C@H](NC(=O)[C@@H]1CCCN1C(=O)[C@@H](N)CC(C)C)C(=O)N[C@@H](CC(=O)O)C(=O)N[C@@H](CCCCN)C(=O)N[C@@H](CC(=O)O)C(=O)N[C@@H](Cc1ccc(O)cc1)C(=O)N[C@@H](Cc1ccc(O)cc1)C(=O)N[C@H](C(=O)N[C@H](C(=O)N[C@@H](CCCNC(=N)N)C(=O)O)C(C)C)C(C)C. The number of nitrogens with one attached hydrogen (secondary N) is 11. The van der Waals surface area contributed by atoms with Crippen LogP contribution in [0.1, 0.15) is 137 Å². The van der Waals surface area contributed by atoms with E-state index in [9.17, 15) is 87.9 Å². The number of nitrogens with zero attached hydrogens (tertiary/aromatic N) is 1. The van der Waals surface area contributed by atoms with Crippen LogP contribution >= 0.6 is 0 Å². The van der Waals surface area contributed by atoms with Gasteiger partial charge in [0.1, 0.15) is 71.9 Å². The number of carbonyl (C=O) groups excluding carboxylic acids is 10. The van der Waals surface area contributed by atoms with Crippen LogP contribution < -0.4 is 70.4 Å². The lowest BCUT2D eigenvalue weighted by molar-refractivity contribution is -0.143. The van der Waals surface area contributed by atoms with Gasteiger partial charge in [-0.3, -0.25) is 62.9 Å². The molecule has 0 radical (unpaired) electrons. The Kier molecular flexibility index (Phi) is 34.4. The monoisotopic (exact) mass is 1380 g/mol. The summed E-state index contributed by atoms with van der Waals surface area (Å²) in [6, 6.07) is -5.63. The van der Waals surface area contributed by atoms with Gasteiger partial charge in [0, 0.05) is 25.9 Å². The molecule has 33 heteroatoms. The minimum absolute atomic E-state index is 0.00811. The maximum absolute atomic E-state index is 14.8. The van der Waals surface area contributed by atoms with Crippen molar-refractivity contribution in [2.45, 2.75) is 205 Å². The van der Waals surface area contributed by atoms with E-state index < -0.39 is 175 Å². The first-order chi connectivity index (χ1) is 46.0. The van der Waals surface area contributed by atoms with Crippen molar-refractivity contribution in [2.75, 3.05) is 19.6 Å². The summed E-state index contributed by atoms with van der Waals surface area (Å²) in [6.45, 7) is 14.0. The molecule has 0 aliphatic carbocycles. The minimum atomic E-state index is -2.04. The van der Waals surface area contributed by atoms with E-state index >= 15 is 0 Å². The van der Waals surface area contributed by atoms with Gasteiger partial charge in [0.2, 0.25) is 59.1 Å². The first-order valence-corrected chi connectivity index (χ1v) is 32.8. The van der Waals surface area contributed by atoms with E-state index in [1.54, 1.807) is 41.5 Å². The second-order valence-electron chi connectivity index (χ2n) is 26.0. The van der Waals surface area contributed by atoms with Crippen LogP contribution in [-0.4, -0.2) is 199 Å². The average molecular weight is 1380 g/mol. The summed E-state index contributed by atoms with van der Waals surface area (Å²) < 4.78 is 0. The van der Waals surface area contributed by atoms with Crippen molar-refractivity contribution in [3.8, 4) is 11.5 Å². The Morgan fingerprint density at radius 2 is 0.908 bits per heavy atom. The van der Waals surface area contributed by atoms with Gasteiger partial charge in [-0.15, -0.1) is 0 Å². The van der Waals surface area contributed by atoms with E-state index in [1.807, 2.05) is 13.8 Å². The number of phenols is 2. The van der Waals surface area contributed by atoms with Gasteiger partial charge >= 0.3 is 17.9 Å². The van der Waals surface area contributed by atoms with Crippen LogP contribution in [0, 0.1) is 29.1 Å². The molecule has 0 spiro atoms. The molecular formula is C65H101N15O18. The molecular weight excluding hydrogens is 1280 g/mol. The molecule has 0 bridgehead atoms. The third-order valence-electron chi connectivity index (χ3n) is 15.9. The smallest absolute Gasteiger partial charge is 0.326 e. The molecule has 11 atom stereocenters. The van der Waals surface area contributed by atoms with Gasteiger partial charge in [0.15, 0.2) is 5.96 Å². The largest absolute Gasteiger partial charge is 0.508 e. The number of likely N-dealkylation sites (tertiary alicyclic amines) is 1. The van der Waals surface area contributed by atoms with Crippen molar-refractivity contribution in [3.63, 3.8) is 0 Å². The van der Waals surface area contributed by atoms with E-state index in [1.165, 1.54) is 53.4 Å². The number of aliphatic carboxylic acids is 3. The van der Waals surface area contributed by atoms with E-state index in [2.05, 4.69) is 53.2 Å². The zero-order valence-corrected chi connectivity index (χ0v) is 56.8. The molecule has 2 aromatic carbocycles. The summed E-state index contributed by atoms with van der Waals surface area (Å²) >= 11 is 0. The number of unbranched alkanes of at least 4 members (excludes halogenated alkanes) is 1. The molecule has 1 fully saturated rings. The lowest BCUT2D eigenvalue weighted by Crippen LogP contribution is -2.62. The zero-order chi connectivity index (χ0) is 73.7. The molecule has 10 amide bonds. The second kappa shape index (κ2) is 40.8. The number of carbonyl (C=O) groups is 13. The number of rotatable bonds is 42. The van der Waals surface area contributed by atoms with E-state index in [0.717, 1.165) is 0 Å². The highest BCUT2D eigenvalue weighted by Crippen LogP contribution is 2.22. The van der Waals surface area contributed by atoms with Crippen LogP contribution in [-0.2, 0) is 75.2 Å². The summed E-state index contributed by atoms with van der Waals surface area (Å²) in [5.74, 6) is -16.4. The standard InChI is InChI=1S/C65H101N15O18/c1-33(2)27-41(67)63(96)80-26-12-15-49(80)60(93)77-44(28-34(3)4)55(88)76-47(31-50(83)84)57(90)71-42(13-9-10-24-66)54(87)75-48(32-51(85)86)58(91)73-45(29-37-16-20-39(81)21-17-37)56(89)74-46(30-38-18-22-40(82)23-19-38)59(92)78-53(36(7)8)62(95)79-52(35(5)6)61(94)72-43(64(97)98)14-11-25-70-65(68)69/h16-23,33-36,41-49,52-53,81-82H,9-15,24-32,66-67H2,1-8H3,(H,71,90)(H,72,94)(H,73,91)(H,74,89)(H,75,87)(H,76,88)(H,77,93)(H,78,92)(H,79,95)(H,83,84)(H,85,86)(H,97,98)(H4,68,69,70)/t41-,42-,43-,44-,45-,46-,47-,48-,49-,52-,53-/m0/s1. The van der Waals surface area contributed by atoms with Crippen molar-refractivity contribution in [2.24, 2.45) is 40.9 Å². The van der Waals surface area contributed by atoms with Crippen molar-refractivity contribution < 1.29 is 87.9 Å². The number of hydrogen-bond donors (Lipinski definition) is 19. The molecule has 33 nitrogen and oxygen atoms in total. The first kappa shape index (κ1) is 82.6. The molecule has 1 heterocycles. The summed E-state index contributed by atoms with van der Waals surface area (Å²) in [4.78, 5) is 180. The fourth-order valence-corrected chi connectivity index (χ4v) is 10.8. The van der Waals surface area contributed by atoms with Gasteiger partial charge < -0.3 is 101 Å². The van der Waals surface area contributed by atoms with Crippen LogP contribution in [0.3, 0.4) is 0 Å². The van der Waals surface area contributed by atoms with E-state index in [0.29, 0.717) is 24.0 Å². The van der Waals surface area contributed by atoms with Crippen LogP contribution in [0.5, 0.6) is 11.5 Å². The number of benzene rings is 2. The molecule has 3 rings (SSSR count). The quantitative estimate of drug-likeness (QED) is 0.0202. The number of aromatic hydroxyl groups is 2. The number of guanidine groups is 1. The van der Waals surface area contributed by atoms with Gasteiger partial charge in [-0.1, -0.05) is 79.7 Å². The van der Waals surface area contributed by atoms with Crippen molar-refractivity contribution in [1.29, 1.82) is 5.41 Å². The van der Waals surface area contributed by atoms with Crippen LogP contribution in [0.15, 0.2) is 48.5 Å². The van der Waals surface area contributed by atoms with E-state index in [-0.39, 0.29) is 100 Å². The Balaban J connectivity index is 1.99. The molecule has 1 aliphatic rings. The number of amides is 10. The van der Waals surface area contributed by atoms with Crippen LogP contribution in [0.4, 0.5) is 0 Å². The molecule has 0 unspecified atom stereocenters. The predicted molar refractivity (Wildman–Crippen MR) is 356 cm³/mol. The maximum Gasteiger partial charge on any atom is 0.326 e. The average Bonchev–Trinajstić information content (AvgIpc) is 1.55. The molecule has 0 saturated carbocycles. The van der Waals surface area contributed by atoms with Gasteiger partial charge in [-0.25, -0.2) is 4.79 Å². The minimum Gasteiger partial charge on any atom is -0.508 e. The maximum atomic E-state index is 14.8. The number of carboxylic acids is 3. The molecule has 22 N–H and O–H groups in total. The van der Waals surface area contributed by atoms with Crippen molar-refractivity contribution in [1.82, 2.24) is 58.1 Å². The normalized spacial score (nSPS) is 15.9. The molecule has 98 heavy (non-hydrogen) atoms. The number of phenolic OH excluding ortho intramolecular Hbond substituents is 2. The first-order valence-electron chi connectivity index (χ1n) is 32.8. The Hall–Kier alpha value is -9.66. The molecule has 1 saturated heterocycles. The number of nitrogens with two attached hydrogens (primary N) is 3. The molecule has 544 valence electrons. The number of hydrogen-bond acceptors (Lipinski definition) is 18. The fourth-order valence-electron chi connectivity index (χ4n) is 10.8.